The number of ether oxygens (including phenoxy) is 3. The number of aromatic nitrogens is 2. The van der Waals surface area contributed by atoms with Crippen molar-refractivity contribution >= 4 is 12.2 Å². The van der Waals surface area contributed by atoms with Gasteiger partial charge in [0.1, 0.15) is 17.2 Å². The number of rotatable bonds is 6. The van der Waals surface area contributed by atoms with Crippen molar-refractivity contribution in [1.29, 1.82) is 0 Å². The first-order chi connectivity index (χ1) is 11.1. The quantitative estimate of drug-likeness (QED) is 0.652. The third-order valence-corrected chi connectivity index (χ3v) is 3.09. The van der Waals surface area contributed by atoms with Gasteiger partial charge in [-0.25, -0.2) is 15.4 Å². The summed E-state index contributed by atoms with van der Waals surface area (Å²) >= 11 is 0. The van der Waals surface area contributed by atoms with Crippen LogP contribution in [0.5, 0.6) is 17.2 Å². The normalized spacial score (nSPS) is 10.7. The predicted octanol–water partition coefficient (Wildman–Crippen LogP) is 2.57. The lowest BCUT2D eigenvalue weighted by Gasteiger charge is -2.12. The number of hydrogen-bond acceptors (Lipinski definition) is 7. The Kier molecular flexibility index (Phi) is 5.35. The molecule has 0 saturated heterocycles. The van der Waals surface area contributed by atoms with Gasteiger partial charge in [0, 0.05) is 23.5 Å². The summed E-state index contributed by atoms with van der Waals surface area (Å²) in [5, 5.41) is 4.17. The van der Waals surface area contributed by atoms with Crippen molar-refractivity contribution in [2.24, 2.45) is 5.10 Å². The first-order valence-corrected chi connectivity index (χ1v) is 6.98. The Hall–Kier alpha value is -2.83. The lowest BCUT2D eigenvalue weighted by molar-refractivity contribution is 0.374. The Morgan fingerprint density at radius 2 is 1.48 bits per heavy atom. The molecule has 1 aromatic carbocycles. The van der Waals surface area contributed by atoms with E-state index in [4.69, 9.17) is 14.2 Å². The highest BCUT2D eigenvalue weighted by atomic mass is 16.5. The van der Waals surface area contributed by atoms with E-state index in [2.05, 4.69) is 20.5 Å². The molecule has 0 amide bonds. The molecule has 1 heterocycles. The van der Waals surface area contributed by atoms with Gasteiger partial charge in [0.2, 0.25) is 5.95 Å². The zero-order chi connectivity index (χ0) is 16.8. The van der Waals surface area contributed by atoms with Gasteiger partial charge in [0.15, 0.2) is 0 Å². The molecule has 0 atom stereocenters. The van der Waals surface area contributed by atoms with Crippen molar-refractivity contribution in [3.63, 3.8) is 0 Å². The van der Waals surface area contributed by atoms with Crippen molar-refractivity contribution in [1.82, 2.24) is 9.97 Å². The lowest BCUT2D eigenvalue weighted by atomic mass is 10.2. The molecule has 0 radical (unpaired) electrons. The van der Waals surface area contributed by atoms with Gasteiger partial charge in [-0.3, -0.25) is 0 Å². The number of hydrazone groups is 1. The largest absolute Gasteiger partial charge is 0.496 e. The molecule has 1 N–H and O–H groups in total. The lowest BCUT2D eigenvalue weighted by Crippen LogP contribution is -2.01. The van der Waals surface area contributed by atoms with Gasteiger partial charge in [-0.05, 0) is 19.9 Å². The van der Waals surface area contributed by atoms with Gasteiger partial charge in [0.25, 0.3) is 0 Å². The first kappa shape index (κ1) is 16.5. The van der Waals surface area contributed by atoms with Crippen molar-refractivity contribution in [2.45, 2.75) is 13.8 Å². The van der Waals surface area contributed by atoms with Crippen LogP contribution in [0.15, 0.2) is 23.3 Å². The molecule has 0 aliphatic carbocycles. The molecule has 0 bridgehead atoms. The summed E-state index contributed by atoms with van der Waals surface area (Å²) in [5.74, 6) is 2.26. The van der Waals surface area contributed by atoms with Crippen molar-refractivity contribution < 1.29 is 14.2 Å². The number of anilines is 1. The minimum Gasteiger partial charge on any atom is -0.496 e. The van der Waals surface area contributed by atoms with Crippen LogP contribution in [0.3, 0.4) is 0 Å². The van der Waals surface area contributed by atoms with E-state index in [9.17, 15) is 0 Å². The van der Waals surface area contributed by atoms with E-state index in [0.717, 1.165) is 11.4 Å². The Morgan fingerprint density at radius 3 is 1.96 bits per heavy atom. The SMILES string of the molecule is COc1cc(OC)c(/C=N/Nc2nc(C)cc(C)n2)c(OC)c1. The van der Waals surface area contributed by atoms with E-state index in [0.29, 0.717) is 28.8 Å². The highest BCUT2D eigenvalue weighted by Crippen LogP contribution is 2.32. The van der Waals surface area contributed by atoms with Crippen LogP contribution in [0.2, 0.25) is 0 Å². The maximum Gasteiger partial charge on any atom is 0.243 e. The van der Waals surface area contributed by atoms with Crippen LogP contribution in [0.25, 0.3) is 0 Å². The number of benzene rings is 1. The van der Waals surface area contributed by atoms with Crippen molar-refractivity contribution in [3.05, 3.63) is 35.2 Å². The van der Waals surface area contributed by atoms with E-state index in [1.54, 1.807) is 39.7 Å². The Balaban J connectivity index is 2.27. The third kappa shape index (κ3) is 4.09. The molecule has 0 unspecified atom stereocenters. The Morgan fingerprint density at radius 1 is 0.913 bits per heavy atom. The molecule has 2 rings (SSSR count). The predicted molar refractivity (Wildman–Crippen MR) is 88.8 cm³/mol. The minimum atomic E-state index is 0.435. The van der Waals surface area contributed by atoms with E-state index in [-0.39, 0.29) is 0 Å². The van der Waals surface area contributed by atoms with E-state index in [1.165, 1.54) is 0 Å². The van der Waals surface area contributed by atoms with Crippen LogP contribution in [0.4, 0.5) is 5.95 Å². The average molecular weight is 316 g/mol. The molecule has 0 spiro atoms. The summed E-state index contributed by atoms with van der Waals surface area (Å²) in [7, 11) is 4.74. The van der Waals surface area contributed by atoms with Crippen LogP contribution in [0.1, 0.15) is 17.0 Å². The standard InChI is InChI=1S/C16H20N4O3/c1-10-6-11(2)19-16(18-10)20-17-9-13-14(22-4)7-12(21-3)8-15(13)23-5/h6-9H,1-5H3,(H,18,19,20)/b17-9+. The van der Waals surface area contributed by atoms with Crippen LogP contribution >= 0.6 is 0 Å². The third-order valence-electron chi connectivity index (χ3n) is 3.09. The Labute approximate surface area is 135 Å². The number of aryl methyl sites for hydroxylation is 2. The zero-order valence-corrected chi connectivity index (χ0v) is 13.9. The Bertz CT molecular complexity index is 671. The molecule has 0 aliphatic heterocycles. The second-order valence-corrected chi connectivity index (χ2v) is 4.79. The molecule has 7 nitrogen and oxygen atoms in total. The fourth-order valence-electron chi connectivity index (χ4n) is 2.09. The summed E-state index contributed by atoms with van der Waals surface area (Å²) in [6, 6.07) is 5.42. The molecule has 7 heteroatoms. The van der Waals surface area contributed by atoms with Gasteiger partial charge >= 0.3 is 0 Å². The summed E-state index contributed by atoms with van der Waals surface area (Å²) < 4.78 is 15.9. The fourth-order valence-corrected chi connectivity index (χ4v) is 2.09. The number of hydrogen-bond donors (Lipinski definition) is 1. The minimum absolute atomic E-state index is 0.435. The number of nitrogens with zero attached hydrogens (tertiary/aromatic N) is 3. The summed E-state index contributed by atoms with van der Waals surface area (Å²) in [4.78, 5) is 8.52. The second kappa shape index (κ2) is 7.44. The molecule has 0 aliphatic rings. The molecule has 122 valence electrons. The fraction of sp³-hybridized carbons (Fsp3) is 0.312. The highest BCUT2D eigenvalue weighted by molar-refractivity contribution is 5.88. The molecule has 0 fully saturated rings. The van der Waals surface area contributed by atoms with E-state index < -0.39 is 0 Å². The van der Waals surface area contributed by atoms with Crippen molar-refractivity contribution in [2.75, 3.05) is 26.8 Å². The summed E-state index contributed by atoms with van der Waals surface area (Å²) in [6.07, 6.45) is 1.60. The first-order valence-electron chi connectivity index (χ1n) is 6.98. The molecule has 23 heavy (non-hydrogen) atoms. The van der Waals surface area contributed by atoms with E-state index >= 15 is 0 Å². The molecular weight excluding hydrogens is 296 g/mol. The van der Waals surface area contributed by atoms with Gasteiger partial charge < -0.3 is 14.2 Å². The van der Waals surface area contributed by atoms with Crippen molar-refractivity contribution in [3.8, 4) is 17.2 Å². The molecule has 2 aromatic rings. The smallest absolute Gasteiger partial charge is 0.243 e. The number of methoxy groups -OCH3 is 3. The summed E-state index contributed by atoms with van der Waals surface area (Å²) in [5.41, 5.74) is 5.24. The highest BCUT2D eigenvalue weighted by Gasteiger charge is 2.11. The van der Waals surface area contributed by atoms with Gasteiger partial charge in [-0.15, -0.1) is 0 Å². The van der Waals surface area contributed by atoms with Crippen LogP contribution < -0.4 is 19.6 Å². The van der Waals surface area contributed by atoms with E-state index in [1.807, 2.05) is 19.9 Å². The van der Waals surface area contributed by atoms with Gasteiger partial charge in [-0.1, -0.05) is 0 Å². The maximum absolute atomic E-state index is 5.36. The van der Waals surface area contributed by atoms with Crippen LogP contribution in [0, 0.1) is 13.8 Å². The molecular formula is C16H20N4O3. The second-order valence-electron chi connectivity index (χ2n) is 4.79. The van der Waals surface area contributed by atoms with Gasteiger partial charge in [-0.2, -0.15) is 5.10 Å². The average Bonchev–Trinajstić information content (AvgIpc) is 2.53. The topological polar surface area (TPSA) is 77.9 Å². The van der Waals surface area contributed by atoms with Crippen LogP contribution in [-0.4, -0.2) is 37.5 Å². The summed E-state index contributed by atoms with van der Waals surface area (Å²) in [6.45, 7) is 3.80. The number of nitrogens with one attached hydrogen (secondary N) is 1. The zero-order valence-electron chi connectivity index (χ0n) is 13.9. The van der Waals surface area contributed by atoms with Gasteiger partial charge in [0.05, 0.1) is 33.1 Å². The maximum atomic E-state index is 5.36. The molecule has 1 aromatic heterocycles. The van der Waals surface area contributed by atoms with Crippen LogP contribution in [-0.2, 0) is 0 Å². The molecule has 0 saturated carbocycles. The monoisotopic (exact) mass is 316 g/mol.